The van der Waals surface area contributed by atoms with Crippen LogP contribution in [0.3, 0.4) is 0 Å². The van der Waals surface area contributed by atoms with Crippen LogP contribution in [0.1, 0.15) is 47.0 Å². The summed E-state index contributed by atoms with van der Waals surface area (Å²) in [5.41, 5.74) is 5.83. The van der Waals surface area contributed by atoms with Gasteiger partial charge in [-0.25, -0.2) is 0 Å². The van der Waals surface area contributed by atoms with Gasteiger partial charge < -0.3 is 15.7 Å². The second kappa shape index (κ2) is 5.03. The van der Waals surface area contributed by atoms with Crippen LogP contribution in [0.25, 0.3) is 0 Å². The third kappa shape index (κ3) is 4.40. The Hall–Kier alpha value is -0.120. The Labute approximate surface area is 100 Å². The second-order valence-corrected chi connectivity index (χ2v) is 6.64. The molecule has 1 aliphatic heterocycles. The highest BCUT2D eigenvalue weighted by atomic mass is 16.3. The number of hydrogen-bond acceptors (Lipinski definition) is 3. The SMILES string of the molecule is CC1(O)CCCN(CCC(N)C(C)(C)C)C1. The maximum Gasteiger partial charge on any atom is 0.0746 e. The maximum absolute atomic E-state index is 10.00. The molecule has 16 heavy (non-hydrogen) atoms. The van der Waals surface area contributed by atoms with Gasteiger partial charge in [-0.2, -0.15) is 0 Å². The van der Waals surface area contributed by atoms with Crippen molar-refractivity contribution in [1.82, 2.24) is 4.90 Å². The van der Waals surface area contributed by atoms with E-state index in [9.17, 15) is 5.11 Å². The summed E-state index contributed by atoms with van der Waals surface area (Å²) in [4.78, 5) is 2.34. The zero-order valence-electron chi connectivity index (χ0n) is 11.3. The Kier molecular flexibility index (Phi) is 4.38. The maximum atomic E-state index is 10.00. The van der Waals surface area contributed by atoms with Gasteiger partial charge in [0, 0.05) is 12.6 Å². The first-order valence-corrected chi connectivity index (χ1v) is 6.41. The first-order valence-electron chi connectivity index (χ1n) is 6.41. The molecule has 0 amide bonds. The van der Waals surface area contributed by atoms with E-state index in [4.69, 9.17) is 5.73 Å². The van der Waals surface area contributed by atoms with Crippen LogP contribution in [0.2, 0.25) is 0 Å². The number of β-amino-alcohol motifs (C(OH)–C–C–N with tert-alkyl or cyclic N) is 1. The predicted octanol–water partition coefficient (Wildman–Crippen LogP) is 1.60. The van der Waals surface area contributed by atoms with E-state index in [1.807, 2.05) is 6.92 Å². The Morgan fingerprint density at radius 1 is 1.44 bits per heavy atom. The van der Waals surface area contributed by atoms with E-state index in [2.05, 4.69) is 25.7 Å². The molecule has 96 valence electrons. The first kappa shape index (κ1) is 13.9. The van der Waals surface area contributed by atoms with Gasteiger partial charge in [0.1, 0.15) is 0 Å². The molecule has 3 nitrogen and oxygen atoms in total. The normalized spacial score (nSPS) is 30.4. The van der Waals surface area contributed by atoms with Crippen molar-refractivity contribution in [2.24, 2.45) is 11.1 Å². The molecule has 0 radical (unpaired) electrons. The molecular formula is C13H28N2O. The van der Waals surface area contributed by atoms with E-state index in [1.54, 1.807) is 0 Å². The Balaban J connectivity index is 2.33. The average Bonchev–Trinajstić information content (AvgIpc) is 2.11. The van der Waals surface area contributed by atoms with Crippen molar-refractivity contribution in [1.29, 1.82) is 0 Å². The van der Waals surface area contributed by atoms with Crippen LogP contribution in [0, 0.1) is 5.41 Å². The van der Waals surface area contributed by atoms with Gasteiger partial charge in [-0.15, -0.1) is 0 Å². The van der Waals surface area contributed by atoms with Gasteiger partial charge in [0.2, 0.25) is 0 Å². The van der Waals surface area contributed by atoms with Crippen LogP contribution in [0.5, 0.6) is 0 Å². The number of nitrogens with two attached hydrogens (primary N) is 1. The topological polar surface area (TPSA) is 49.5 Å². The standard InChI is InChI=1S/C13H28N2O/c1-12(2,3)11(14)6-9-15-8-5-7-13(4,16)10-15/h11,16H,5-10,14H2,1-4H3. The predicted molar refractivity (Wildman–Crippen MR) is 68.3 cm³/mol. The monoisotopic (exact) mass is 228 g/mol. The van der Waals surface area contributed by atoms with Crippen molar-refractivity contribution in [2.75, 3.05) is 19.6 Å². The summed E-state index contributed by atoms with van der Waals surface area (Å²) in [5.74, 6) is 0. The molecule has 1 rings (SSSR count). The molecule has 0 saturated carbocycles. The molecule has 0 aromatic carbocycles. The second-order valence-electron chi connectivity index (χ2n) is 6.64. The minimum absolute atomic E-state index is 0.179. The third-order valence-corrected chi connectivity index (χ3v) is 3.62. The van der Waals surface area contributed by atoms with E-state index in [-0.39, 0.29) is 11.5 Å². The number of likely N-dealkylation sites (tertiary alicyclic amines) is 1. The fraction of sp³-hybridized carbons (Fsp3) is 1.00. The highest BCUT2D eigenvalue weighted by molar-refractivity contribution is 4.84. The van der Waals surface area contributed by atoms with Crippen LogP contribution >= 0.6 is 0 Å². The summed E-state index contributed by atoms with van der Waals surface area (Å²) in [7, 11) is 0. The summed E-state index contributed by atoms with van der Waals surface area (Å²) >= 11 is 0. The van der Waals surface area contributed by atoms with Crippen molar-refractivity contribution in [3.63, 3.8) is 0 Å². The molecule has 2 unspecified atom stereocenters. The highest BCUT2D eigenvalue weighted by Gasteiger charge is 2.29. The summed E-state index contributed by atoms with van der Waals surface area (Å²) in [6, 6.07) is 0.236. The van der Waals surface area contributed by atoms with Gasteiger partial charge in [0.05, 0.1) is 5.60 Å². The zero-order valence-corrected chi connectivity index (χ0v) is 11.3. The van der Waals surface area contributed by atoms with E-state index in [0.717, 1.165) is 38.9 Å². The lowest BCUT2D eigenvalue weighted by Gasteiger charge is -2.38. The number of rotatable bonds is 3. The summed E-state index contributed by atoms with van der Waals surface area (Å²) in [6.07, 6.45) is 3.03. The van der Waals surface area contributed by atoms with Gasteiger partial charge in [-0.05, 0) is 44.7 Å². The number of hydrogen-bond donors (Lipinski definition) is 2. The molecule has 0 spiro atoms. The summed E-state index contributed by atoms with van der Waals surface area (Å²) in [5, 5.41) is 10.00. The Bertz CT molecular complexity index is 220. The van der Waals surface area contributed by atoms with Crippen molar-refractivity contribution in [3.05, 3.63) is 0 Å². The molecule has 3 heteroatoms. The molecule has 1 heterocycles. The van der Waals surface area contributed by atoms with Crippen molar-refractivity contribution < 1.29 is 5.11 Å². The largest absolute Gasteiger partial charge is 0.389 e. The molecule has 1 saturated heterocycles. The van der Waals surface area contributed by atoms with Gasteiger partial charge in [-0.3, -0.25) is 0 Å². The molecule has 1 fully saturated rings. The van der Waals surface area contributed by atoms with Crippen LogP contribution < -0.4 is 5.73 Å². The molecule has 2 atom stereocenters. The first-order chi connectivity index (χ1) is 7.21. The lowest BCUT2D eigenvalue weighted by molar-refractivity contribution is -0.0168. The minimum atomic E-state index is -0.496. The van der Waals surface area contributed by atoms with Gasteiger partial charge >= 0.3 is 0 Å². The van der Waals surface area contributed by atoms with Crippen LogP contribution in [0.15, 0.2) is 0 Å². The van der Waals surface area contributed by atoms with Crippen LogP contribution in [-0.2, 0) is 0 Å². The number of nitrogens with zero attached hydrogens (tertiary/aromatic N) is 1. The zero-order chi connectivity index (χ0) is 12.4. The van der Waals surface area contributed by atoms with Gasteiger partial charge in [0.25, 0.3) is 0 Å². The molecule has 1 aliphatic rings. The molecule has 0 aromatic rings. The van der Waals surface area contributed by atoms with E-state index >= 15 is 0 Å². The van der Waals surface area contributed by atoms with Crippen molar-refractivity contribution in [2.45, 2.75) is 58.6 Å². The van der Waals surface area contributed by atoms with Crippen LogP contribution in [0.4, 0.5) is 0 Å². The average molecular weight is 228 g/mol. The lowest BCUT2D eigenvalue weighted by Crippen LogP contribution is -2.48. The number of piperidine rings is 1. The summed E-state index contributed by atoms with van der Waals surface area (Å²) in [6.45, 7) is 11.4. The van der Waals surface area contributed by atoms with E-state index < -0.39 is 5.60 Å². The molecule has 0 bridgehead atoms. The third-order valence-electron chi connectivity index (χ3n) is 3.62. The Morgan fingerprint density at radius 2 is 2.06 bits per heavy atom. The van der Waals surface area contributed by atoms with Crippen molar-refractivity contribution >= 4 is 0 Å². The number of aliphatic hydroxyl groups is 1. The quantitative estimate of drug-likeness (QED) is 0.771. The van der Waals surface area contributed by atoms with E-state index in [0.29, 0.717) is 0 Å². The van der Waals surface area contributed by atoms with Gasteiger partial charge in [0.15, 0.2) is 0 Å². The fourth-order valence-corrected chi connectivity index (χ4v) is 2.27. The van der Waals surface area contributed by atoms with Crippen molar-refractivity contribution in [3.8, 4) is 0 Å². The van der Waals surface area contributed by atoms with Crippen LogP contribution in [-0.4, -0.2) is 41.3 Å². The minimum Gasteiger partial charge on any atom is -0.389 e. The molecule has 0 aromatic heterocycles. The lowest BCUT2D eigenvalue weighted by atomic mass is 9.85. The molecular weight excluding hydrogens is 200 g/mol. The Morgan fingerprint density at radius 3 is 2.56 bits per heavy atom. The van der Waals surface area contributed by atoms with Gasteiger partial charge in [-0.1, -0.05) is 20.8 Å². The highest BCUT2D eigenvalue weighted by Crippen LogP contribution is 2.23. The summed E-state index contributed by atoms with van der Waals surface area (Å²) < 4.78 is 0. The smallest absolute Gasteiger partial charge is 0.0746 e. The molecule has 3 N–H and O–H groups in total. The molecule has 0 aliphatic carbocycles. The van der Waals surface area contributed by atoms with E-state index in [1.165, 1.54) is 0 Å². The fourth-order valence-electron chi connectivity index (χ4n) is 2.27.